The molecule has 2 nitrogen and oxygen atoms in total. The summed E-state index contributed by atoms with van der Waals surface area (Å²) in [5, 5.41) is 0. The lowest BCUT2D eigenvalue weighted by atomic mass is 10.2. The van der Waals surface area contributed by atoms with Crippen molar-refractivity contribution in [3.63, 3.8) is 0 Å². The molecule has 2 radical (unpaired) electrons. The van der Waals surface area contributed by atoms with Gasteiger partial charge in [-0.3, -0.25) is 0 Å². The first kappa shape index (κ1) is 14.3. The van der Waals surface area contributed by atoms with Gasteiger partial charge < -0.3 is 4.74 Å². The summed E-state index contributed by atoms with van der Waals surface area (Å²) in [6, 6.07) is -1.55. The van der Waals surface area contributed by atoms with Crippen LogP contribution in [0.2, 0.25) is 6.04 Å². The second-order valence-corrected chi connectivity index (χ2v) is 4.39. The topological polar surface area (TPSA) is 26.3 Å². The van der Waals surface area contributed by atoms with E-state index in [0.29, 0.717) is 12.7 Å². The van der Waals surface area contributed by atoms with Gasteiger partial charge in [0.05, 0.1) is 6.61 Å². The highest BCUT2D eigenvalue weighted by molar-refractivity contribution is 6.36. The lowest BCUT2D eigenvalue weighted by Crippen LogP contribution is -2.03. The summed E-state index contributed by atoms with van der Waals surface area (Å²) >= 11 is 0. The monoisotopic (exact) mass is 234 g/mol. The first-order valence-electron chi connectivity index (χ1n) is 4.97. The third-order valence-corrected chi connectivity index (χ3v) is 2.73. The third kappa shape index (κ3) is 11.2. The Morgan fingerprint density at radius 3 is 2.60 bits per heavy atom. The maximum Gasteiger partial charge on any atom is 0.330 e. The fourth-order valence-corrected chi connectivity index (χ4v) is 1.70. The van der Waals surface area contributed by atoms with Gasteiger partial charge in [0.15, 0.2) is 0 Å². The smallest absolute Gasteiger partial charge is 0.330 e. The molecule has 0 fully saturated rings. The van der Waals surface area contributed by atoms with Gasteiger partial charge in [-0.1, -0.05) is 31.9 Å². The highest BCUT2D eigenvalue weighted by Gasteiger charge is 2.02. The average Bonchev–Trinajstić information content (AvgIpc) is 2.21. The maximum absolute atomic E-state index is 11.7. The molecular weight excluding hydrogens is 218 g/mol. The zero-order valence-electron chi connectivity index (χ0n) is 8.68. The summed E-state index contributed by atoms with van der Waals surface area (Å²) in [5.74, 6) is -0.408. The number of carbonyl (C=O) groups excluding carboxylic acids is 1. The van der Waals surface area contributed by atoms with Crippen molar-refractivity contribution in [1.29, 1.82) is 0 Å². The van der Waals surface area contributed by atoms with Crippen molar-refractivity contribution in [2.24, 2.45) is 0 Å². The lowest BCUT2D eigenvalue weighted by molar-refractivity contribution is -0.137. The van der Waals surface area contributed by atoms with Crippen molar-refractivity contribution in [1.82, 2.24) is 0 Å². The predicted molar refractivity (Wildman–Crippen MR) is 56.2 cm³/mol. The molecule has 0 spiro atoms. The third-order valence-electron chi connectivity index (χ3n) is 1.78. The number of carbonyl (C=O) groups is 1. The van der Waals surface area contributed by atoms with E-state index in [1.54, 1.807) is 0 Å². The predicted octanol–water partition coefficient (Wildman–Crippen LogP) is 2.62. The zero-order valence-corrected chi connectivity index (χ0v) is 9.68. The van der Waals surface area contributed by atoms with E-state index in [2.05, 4.69) is 6.58 Å². The Bertz CT molecular complexity index is 186. The van der Waals surface area contributed by atoms with Gasteiger partial charge in [-0.05, 0) is 6.42 Å². The van der Waals surface area contributed by atoms with Crippen LogP contribution in [0, 0.1) is 0 Å². The minimum atomic E-state index is -2.15. The van der Waals surface area contributed by atoms with Gasteiger partial charge in [0.25, 0.3) is 0 Å². The molecule has 0 aromatic heterocycles. The van der Waals surface area contributed by atoms with Gasteiger partial charge >= 0.3 is 5.97 Å². The molecule has 0 aliphatic heterocycles. The van der Waals surface area contributed by atoms with Crippen molar-refractivity contribution in [3.05, 3.63) is 12.7 Å². The fourth-order valence-electron chi connectivity index (χ4n) is 1.02. The number of rotatable bonds is 9. The Hall–Kier alpha value is -0.713. The van der Waals surface area contributed by atoms with E-state index in [0.717, 1.165) is 31.8 Å². The SMILES string of the molecule is C=CC(=O)OCCCCCC[Si]C(F)F. The molecule has 0 N–H and O–H groups in total. The number of hydrogen-bond donors (Lipinski definition) is 0. The molecule has 0 saturated carbocycles. The highest BCUT2D eigenvalue weighted by Crippen LogP contribution is 2.05. The van der Waals surface area contributed by atoms with Crippen LogP contribution in [0.5, 0.6) is 0 Å². The van der Waals surface area contributed by atoms with Crippen LogP contribution in [0.25, 0.3) is 0 Å². The van der Waals surface area contributed by atoms with E-state index < -0.39 is 12.0 Å². The molecule has 0 bridgehead atoms. The van der Waals surface area contributed by atoms with Crippen molar-refractivity contribution in [3.8, 4) is 0 Å². The second kappa shape index (κ2) is 9.83. The van der Waals surface area contributed by atoms with Crippen molar-refractivity contribution < 1.29 is 18.3 Å². The molecule has 0 rings (SSSR count). The van der Waals surface area contributed by atoms with Crippen LogP contribution in [-0.2, 0) is 9.53 Å². The molecule has 0 unspecified atom stereocenters. The van der Waals surface area contributed by atoms with E-state index in [1.165, 1.54) is 0 Å². The summed E-state index contributed by atoms with van der Waals surface area (Å²) in [6.45, 7) is 3.66. The summed E-state index contributed by atoms with van der Waals surface area (Å²) < 4.78 is 28.2. The minimum Gasteiger partial charge on any atom is -0.463 e. The molecule has 15 heavy (non-hydrogen) atoms. The average molecular weight is 234 g/mol. The van der Waals surface area contributed by atoms with Crippen LogP contribution in [-0.4, -0.2) is 28.1 Å². The molecule has 0 aliphatic rings. The van der Waals surface area contributed by atoms with Crippen LogP contribution in [0.4, 0.5) is 8.78 Å². The van der Waals surface area contributed by atoms with E-state index in [1.807, 2.05) is 0 Å². The molecule has 0 aliphatic carbocycles. The fraction of sp³-hybridized carbons (Fsp3) is 0.700. The normalized spacial score (nSPS) is 10.3. The zero-order chi connectivity index (χ0) is 11.5. The number of ether oxygens (including phenoxy) is 1. The molecule has 0 aromatic rings. The van der Waals surface area contributed by atoms with E-state index in [4.69, 9.17) is 4.74 Å². The Balaban J connectivity index is 3.05. The summed E-state index contributed by atoms with van der Waals surface area (Å²) in [6.07, 6.45) is 4.59. The van der Waals surface area contributed by atoms with E-state index in [-0.39, 0.29) is 9.52 Å². The summed E-state index contributed by atoms with van der Waals surface area (Å²) in [7, 11) is -0.235. The molecule has 0 aromatic carbocycles. The quantitative estimate of drug-likeness (QED) is 0.265. The van der Waals surface area contributed by atoms with Gasteiger partial charge in [0.1, 0.15) is 9.52 Å². The number of unbranched alkanes of at least 4 members (excludes halogenated alkanes) is 3. The first-order chi connectivity index (χ1) is 7.16. The number of hydrogen-bond acceptors (Lipinski definition) is 2. The van der Waals surface area contributed by atoms with Crippen LogP contribution < -0.4 is 0 Å². The van der Waals surface area contributed by atoms with E-state index >= 15 is 0 Å². The van der Waals surface area contributed by atoms with Gasteiger partial charge in [0, 0.05) is 6.08 Å². The van der Waals surface area contributed by atoms with Crippen LogP contribution in [0.1, 0.15) is 25.7 Å². The molecule has 5 heteroatoms. The minimum absolute atomic E-state index is 0.235. The highest BCUT2D eigenvalue weighted by atomic mass is 28.2. The summed E-state index contributed by atoms with van der Waals surface area (Å²) in [5.41, 5.74) is 0. The van der Waals surface area contributed by atoms with Crippen LogP contribution in [0.3, 0.4) is 0 Å². The molecular formula is C10H16F2O2Si. The summed E-state index contributed by atoms with van der Waals surface area (Å²) in [4.78, 5) is 10.6. The number of alkyl halides is 2. The molecule has 0 atom stereocenters. The molecule has 0 saturated heterocycles. The first-order valence-corrected chi connectivity index (χ1v) is 6.26. The standard InChI is InChI=1S/C10H16F2O2Si/c1-2-9(13)14-7-5-3-4-6-8-15-10(11)12/h2,10H,1,3-8H2. The lowest BCUT2D eigenvalue weighted by Gasteiger charge is -2.02. The van der Waals surface area contributed by atoms with Crippen molar-refractivity contribution in [2.75, 3.05) is 6.61 Å². The van der Waals surface area contributed by atoms with Gasteiger partial charge in [-0.25, -0.2) is 13.6 Å². The molecule has 0 amide bonds. The van der Waals surface area contributed by atoms with Gasteiger partial charge in [-0.2, -0.15) is 0 Å². The van der Waals surface area contributed by atoms with Crippen molar-refractivity contribution >= 4 is 15.5 Å². The Labute approximate surface area is 91.5 Å². The number of halogens is 2. The van der Waals surface area contributed by atoms with Crippen LogP contribution >= 0.6 is 0 Å². The Morgan fingerprint density at radius 1 is 1.33 bits per heavy atom. The Kier molecular flexibility index (Phi) is 9.36. The van der Waals surface area contributed by atoms with Crippen molar-refractivity contribution in [2.45, 2.75) is 37.8 Å². The Morgan fingerprint density at radius 2 is 2.00 bits per heavy atom. The van der Waals surface area contributed by atoms with Gasteiger partial charge in [-0.15, -0.1) is 0 Å². The molecule has 86 valence electrons. The molecule has 0 heterocycles. The second-order valence-electron chi connectivity index (χ2n) is 3.04. The number of esters is 1. The van der Waals surface area contributed by atoms with Gasteiger partial charge in [0.2, 0.25) is 6.05 Å². The van der Waals surface area contributed by atoms with Crippen LogP contribution in [0.15, 0.2) is 12.7 Å². The maximum atomic E-state index is 11.7. The van der Waals surface area contributed by atoms with E-state index in [9.17, 15) is 13.6 Å². The largest absolute Gasteiger partial charge is 0.463 e.